The molecule has 0 aliphatic rings. The molecule has 0 aliphatic heterocycles. The highest BCUT2D eigenvalue weighted by atomic mass is 32.2. The van der Waals surface area contributed by atoms with Crippen LogP contribution in [-0.2, 0) is 4.79 Å². The van der Waals surface area contributed by atoms with Gasteiger partial charge >= 0.3 is 0 Å². The van der Waals surface area contributed by atoms with Gasteiger partial charge in [-0.05, 0) is 32.0 Å². The van der Waals surface area contributed by atoms with Gasteiger partial charge in [0.25, 0.3) is 0 Å². The van der Waals surface area contributed by atoms with Crippen LogP contribution in [0.3, 0.4) is 0 Å². The molecular formula is C20H17N7OS. The van der Waals surface area contributed by atoms with Crippen LogP contribution in [0.5, 0.6) is 0 Å². The highest BCUT2D eigenvalue weighted by Gasteiger charge is 2.17. The summed E-state index contributed by atoms with van der Waals surface area (Å²) in [6.07, 6.45) is 0. The van der Waals surface area contributed by atoms with Crippen LogP contribution in [0.25, 0.3) is 5.69 Å². The zero-order chi connectivity index (χ0) is 21.0. The fourth-order valence-electron chi connectivity index (χ4n) is 2.74. The molecule has 3 rings (SSSR count). The van der Waals surface area contributed by atoms with Crippen LogP contribution in [0.2, 0.25) is 0 Å². The summed E-state index contributed by atoms with van der Waals surface area (Å²) in [5, 5.41) is 25.9. The highest BCUT2D eigenvalue weighted by molar-refractivity contribution is 8.00. The number of hydrogen-bond donors (Lipinski definition) is 2. The average molecular weight is 403 g/mol. The number of rotatable bonds is 5. The Kier molecular flexibility index (Phi) is 5.82. The lowest BCUT2D eigenvalue weighted by Gasteiger charge is -2.08. The van der Waals surface area contributed by atoms with Gasteiger partial charge in [-0.25, -0.2) is 9.67 Å². The summed E-state index contributed by atoms with van der Waals surface area (Å²) in [5.74, 6) is -0.199. The molecule has 2 heterocycles. The van der Waals surface area contributed by atoms with Gasteiger partial charge in [0.2, 0.25) is 5.91 Å². The third-order valence-corrected chi connectivity index (χ3v) is 5.15. The standard InChI is InChI=1S/C20H17N7OS/c1-12-18(13(2)27(26-12)16-6-4-3-5-7-16)24-17(28)11-29-20-15(10-22)8-14(9-21)19(23)25-20/h3-8H,11H2,1-2H3,(H2,23,25)(H,24,28). The van der Waals surface area contributed by atoms with Crippen LogP contribution < -0.4 is 11.1 Å². The monoisotopic (exact) mass is 403 g/mol. The van der Waals surface area contributed by atoms with E-state index in [1.165, 1.54) is 6.07 Å². The number of nitrogens with two attached hydrogens (primary N) is 1. The van der Waals surface area contributed by atoms with E-state index in [0.29, 0.717) is 16.4 Å². The highest BCUT2D eigenvalue weighted by Crippen LogP contribution is 2.26. The second kappa shape index (κ2) is 8.46. The second-order valence-corrected chi connectivity index (χ2v) is 7.09. The molecule has 0 spiro atoms. The fourth-order valence-corrected chi connectivity index (χ4v) is 3.51. The third kappa shape index (κ3) is 4.21. The Morgan fingerprint density at radius 3 is 2.55 bits per heavy atom. The number of aromatic nitrogens is 3. The molecule has 29 heavy (non-hydrogen) atoms. The molecular weight excluding hydrogens is 386 g/mol. The smallest absolute Gasteiger partial charge is 0.234 e. The van der Waals surface area contributed by atoms with Gasteiger partial charge in [-0.3, -0.25) is 4.79 Å². The topological polar surface area (TPSA) is 133 Å². The van der Waals surface area contributed by atoms with Crippen molar-refractivity contribution >= 4 is 29.2 Å². The van der Waals surface area contributed by atoms with Crippen molar-refractivity contribution < 1.29 is 4.79 Å². The number of para-hydroxylation sites is 1. The molecule has 3 aromatic rings. The Bertz CT molecular complexity index is 1160. The maximum absolute atomic E-state index is 12.5. The molecule has 8 nitrogen and oxygen atoms in total. The molecule has 0 unspecified atom stereocenters. The Morgan fingerprint density at radius 2 is 1.90 bits per heavy atom. The van der Waals surface area contributed by atoms with E-state index in [4.69, 9.17) is 11.0 Å². The number of nitriles is 2. The summed E-state index contributed by atoms with van der Waals surface area (Å²) in [6.45, 7) is 3.71. The Morgan fingerprint density at radius 1 is 1.21 bits per heavy atom. The minimum atomic E-state index is -0.262. The second-order valence-electron chi connectivity index (χ2n) is 6.13. The molecule has 1 aromatic carbocycles. The summed E-state index contributed by atoms with van der Waals surface area (Å²) in [4.78, 5) is 16.6. The van der Waals surface area contributed by atoms with Gasteiger partial charge in [-0.15, -0.1) is 0 Å². The van der Waals surface area contributed by atoms with Crippen molar-refractivity contribution in [3.63, 3.8) is 0 Å². The lowest BCUT2D eigenvalue weighted by Crippen LogP contribution is -2.15. The molecule has 144 valence electrons. The maximum Gasteiger partial charge on any atom is 0.234 e. The quantitative estimate of drug-likeness (QED) is 0.626. The minimum absolute atomic E-state index is 0.0302. The molecule has 0 fully saturated rings. The van der Waals surface area contributed by atoms with Crippen LogP contribution in [0.15, 0.2) is 41.4 Å². The van der Waals surface area contributed by atoms with Crippen LogP contribution in [0.4, 0.5) is 11.5 Å². The van der Waals surface area contributed by atoms with E-state index in [9.17, 15) is 10.1 Å². The molecule has 1 amide bonds. The molecule has 0 aliphatic carbocycles. The molecule has 2 aromatic heterocycles. The Balaban J connectivity index is 1.75. The van der Waals surface area contributed by atoms with Crippen molar-refractivity contribution in [2.45, 2.75) is 18.9 Å². The number of nitrogens with one attached hydrogen (secondary N) is 1. The number of carbonyl (C=O) groups is 1. The predicted molar refractivity (Wildman–Crippen MR) is 110 cm³/mol. The first kappa shape index (κ1) is 19.9. The normalized spacial score (nSPS) is 10.2. The number of carbonyl (C=O) groups excluding carboxylic acids is 1. The number of hydrogen-bond acceptors (Lipinski definition) is 7. The molecule has 3 N–H and O–H groups in total. The lowest BCUT2D eigenvalue weighted by molar-refractivity contribution is -0.113. The van der Waals surface area contributed by atoms with Gasteiger partial charge in [0, 0.05) is 0 Å². The van der Waals surface area contributed by atoms with Crippen molar-refractivity contribution in [1.29, 1.82) is 10.5 Å². The van der Waals surface area contributed by atoms with Gasteiger partial charge in [0.05, 0.1) is 39.6 Å². The van der Waals surface area contributed by atoms with Crippen LogP contribution in [-0.4, -0.2) is 26.4 Å². The van der Waals surface area contributed by atoms with E-state index in [2.05, 4.69) is 15.4 Å². The Hall–Kier alpha value is -3.82. The average Bonchev–Trinajstić information content (AvgIpc) is 3.01. The number of aryl methyl sites for hydroxylation is 1. The molecule has 0 bridgehead atoms. The fraction of sp³-hybridized carbons (Fsp3) is 0.150. The van der Waals surface area contributed by atoms with E-state index in [1.54, 1.807) is 4.68 Å². The van der Waals surface area contributed by atoms with E-state index in [-0.39, 0.29) is 28.6 Å². The lowest BCUT2D eigenvalue weighted by atomic mass is 10.2. The number of nitrogens with zero attached hydrogens (tertiary/aromatic N) is 5. The van der Waals surface area contributed by atoms with Crippen molar-refractivity contribution in [2.24, 2.45) is 0 Å². The van der Waals surface area contributed by atoms with Crippen molar-refractivity contribution in [1.82, 2.24) is 14.8 Å². The first-order valence-electron chi connectivity index (χ1n) is 8.59. The molecule has 0 saturated heterocycles. The van der Waals surface area contributed by atoms with E-state index in [1.807, 2.05) is 56.3 Å². The Labute approximate surface area is 172 Å². The zero-order valence-corrected chi connectivity index (χ0v) is 16.6. The van der Waals surface area contributed by atoms with Crippen LogP contribution in [0.1, 0.15) is 22.5 Å². The molecule has 0 radical (unpaired) electrons. The summed E-state index contributed by atoms with van der Waals surface area (Å²) >= 11 is 1.08. The molecule has 9 heteroatoms. The SMILES string of the molecule is Cc1nn(-c2ccccc2)c(C)c1NC(=O)CSc1nc(N)c(C#N)cc1C#N. The first-order chi connectivity index (χ1) is 13.9. The summed E-state index contributed by atoms with van der Waals surface area (Å²) in [5.41, 5.74) is 9.11. The predicted octanol–water partition coefficient (Wildman–Crippen LogP) is 2.94. The van der Waals surface area contributed by atoms with Crippen molar-refractivity contribution in [2.75, 3.05) is 16.8 Å². The minimum Gasteiger partial charge on any atom is -0.383 e. The van der Waals surface area contributed by atoms with Gasteiger partial charge in [-0.2, -0.15) is 15.6 Å². The zero-order valence-electron chi connectivity index (χ0n) is 15.8. The molecule has 0 saturated carbocycles. The van der Waals surface area contributed by atoms with Gasteiger partial charge < -0.3 is 11.1 Å². The third-order valence-electron chi connectivity index (χ3n) is 4.15. The maximum atomic E-state index is 12.5. The van der Waals surface area contributed by atoms with Gasteiger partial charge in [0.1, 0.15) is 23.0 Å². The van der Waals surface area contributed by atoms with Gasteiger partial charge in [-0.1, -0.05) is 30.0 Å². The summed E-state index contributed by atoms with van der Waals surface area (Å²) < 4.78 is 1.77. The van der Waals surface area contributed by atoms with Crippen LogP contribution >= 0.6 is 11.8 Å². The number of nitrogen functional groups attached to an aromatic ring is 1. The summed E-state index contributed by atoms with van der Waals surface area (Å²) in [6, 6.07) is 14.9. The first-order valence-corrected chi connectivity index (χ1v) is 9.58. The largest absolute Gasteiger partial charge is 0.383 e. The number of amides is 1. The number of pyridine rings is 1. The molecule has 0 atom stereocenters. The van der Waals surface area contributed by atoms with E-state index >= 15 is 0 Å². The summed E-state index contributed by atoms with van der Waals surface area (Å²) in [7, 11) is 0. The number of thioether (sulfide) groups is 1. The van der Waals surface area contributed by atoms with Crippen molar-refractivity contribution in [3.05, 3.63) is 58.9 Å². The van der Waals surface area contributed by atoms with Crippen LogP contribution in [0, 0.1) is 36.5 Å². The number of benzene rings is 1. The van der Waals surface area contributed by atoms with E-state index < -0.39 is 0 Å². The van der Waals surface area contributed by atoms with Gasteiger partial charge in [0.15, 0.2) is 0 Å². The van der Waals surface area contributed by atoms with Crippen molar-refractivity contribution in [3.8, 4) is 17.8 Å². The van der Waals surface area contributed by atoms with E-state index in [0.717, 1.165) is 23.1 Å². The number of anilines is 2.